The van der Waals surface area contributed by atoms with E-state index >= 15 is 0 Å². The van der Waals surface area contributed by atoms with Crippen molar-refractivity contribution < 1.29 is 27.5 Å². The van der Waals surface area contributed by atoms with Crippen molar-refractivity contribution in [2.45, 2.75) is 52.2 Å². The van der Waals surface area contributed by atoms with Gasteiger partial charge in [-0.15, -0.1) is 0 Å². The number of ether oxygens (including phenoxy) is 2. The Morgan fingerprint density at radius 3 is 2.11 bits per heavy atom. The smallest absolute Gasteiger partial charge is 0.244 e. The molecule has 9 nitrogen and oxygen atoms in total. The molecule has 0 bridgehead atoms. The molecule has 0 saturated heterocycles. The highest BCUT2D eigenvalue weighted by atomic mass is 32.2. The first kappa shape index (κ1) is 29.0. The number of hydrogen-bond donors (Lipinski definition) is 1. The molecule has 0 aliphatic carbocycles. The standard InChI is InChI=1S/C26H37N3O6S/c1-8-23(25(31)27-26(2,3)4)28(17-19-10-9-11-22(16-19)35-6)24(30)18-29(36(7,32)33)20-12-14-21(34-5)15-13-20/h9-16,23H,8,17-18H2,1-7H3,(H,27,31)/t23-/m1/s1. The Morgan fingerprint density at radius 2 is 1.61 bits per heavy atom. The Balaban J connectivity index is 2.46. The number of sulfonamides is 1. The molecular formula is C26H37N3O6S. The SMILES string of the molecule is CC[C@H](C(=O)NC(C)(C)C)N(Cc1cccc(OC)c1)C(=O)CN(c1ccc(OC)cc1)S(C)(=O)=O. The van der Waals surface area contributed by atoms with Crippen molar-refractivity contribution >= 4 is 27.5 Å². The fourth-order valence-electron chi connectivity index (χ4n) is 3.70. The van der Waals surface area contributed by atoms with Crippen molar-refractivity contribution in [1.82, 2.24) is 10.2 Å². The summed E-state index contributed by atoms with van der Waals surface area (Å²) >= 11 is 0. The van der Waals surface area contributed by atoms with Gasteiger partial charge in [0, 0.05) is 12.1 Å². The lowest BCUT2D eigenvalue weighted by molar-refractivity contribution is -0.141. The topological polar surface area (TPSA) is 105 Å². The first-order valence-corrected chi connectivity index (χ1v) is 13.5. The van der Waals surface area contributed by atoms with Gasteiger partial charge in [-0.3, -0.25) is 13.9 Å². The molecule has 2 aromatic carbocycles. The zero-order chi connectivity index (χ0) is 27.1. The highest BCUT2D eigenvalue weighted by Gasteiger charge is 2.33. The largest absolute Gasteiger partial charge is 0.497 e. The van der Waals surface area contributed by atoms with E-state index in [1.165, 1.54) is 12.0 Å². The van der Waals surface area contributed by atoms with Gasteiger partial charge in [0.2, 0.25) is 21.8 Å². The van der Waals surface area contributed by atoms with E-state index in [0.717, 1.165) is 16.1 Å². The summed E-state index contributed by atoms with van der Waals surface area (Å²) in [6.07, 6.45) is 1.39. The second-order valence-corrected chi connectivity index (χ2v) is 11.4. The van der Waals surface area contributed by atoms with Crippen molar-refractivity contribution in [3.8, 4) is 11.5 Å². The molecule has 10 heteroatoms. The minimum atomic E-state index is -3.81. The molecule has 198 valence electrons. The number of carbonyl (C=O) groups excluding carboxylic acids is 2. The van der Waals surface area contributed by atoms with Crippen LogP contribution in [0.1, 0.15) is 39.7 Å². The fourth-order valence-corrected chi connectivity index (χ4v) is 4.55. The lowest BCUT2D eigenvalue weighted by Gasteiger charge is -2.34. The van der Waals surface area contributed by atoms with Gasteiger partial charge in [-0.05, 0) is 69.2 Å². The van der Waals surface area contributed by atoms with Crippen LogP contribution in [0.25, 0.3) is 0 Å². The van der Waals surface area contributed by atoms with E-state index in [1.54, 1.807) is 49.6 Å². The number of benzene rings is 2. The first-order chi connectivity index (χ1) is 16.8. The molecule has 2 amide bonds. The van der Waals surface area contributed by atoms with Gasteiger partial charge < -0.3 is 19.7 Å². The van der Waals surface area contributed by atoms with E-state index in [4.69, 9.17) is 9.47 Å². The molecule has 2 aromatic rings. The number of rotatable bonds is 11. The Morgan fingerprint density at radius 1 is 1.00 bits per heavy atom. The molecule has 1 N–H and O–H groups in total. The average molecular weight is 520 g/mol. The lowest BCUT2D eigenvalue weighted by Crippen LogP contribution is -2.55. The molecule has 0 unspecified atom stereocenters. The number of carbonyl (C=O) groups is 2. The molecule has 0 aliphatic rings. The number of anilines is 1. The van der Waals surface area contributed by atoms with Crippen LogP contribution in [0.4, 0.5) is 5.69 Å². The van der Waals surface area contributed by atoms with Crippen LogP contribution in [0.2, 0.25) is 0 Å². The van der Waals surface area contributed by atoms with Crippen LogP contribution in [-0.4, -0.2) is 63.7 Å². The Hall–Kier alpha value is -3.27. The van der Waals surface area contributed by atoms with Crippen LogP contribution >= 0.6 is 0 Å². The number of nitrogens with zero attached hydrogens (tertiary/aromatic N) is 2. The van der Waals surface area contributed by atoms with E-state index in [9.17, 15) is 18.0 Å². The van der Waals surface area contributed by atoms with Crippen LogP contribution in [-0.2, 0) is 26.2 Å². The van der Waals surface area contributed by atoms with Crippen molar-refractivity contribution in [1.29, 1.82) is 0 Å². The van der Waals surface area contributed by atoms with Crippen LogP contribution < -0.4 is 19.1 Å². The number of nitrogens with one attached hydrogen (secondary N) is 1. The second-order valence-electron chi connectivity index (χ2n) is 9.50. The molecule has 0 saturated carbocycles. The van der Waals surface area contributed by atoms with Crippen molar-refractivity contribution in [3.63, 3.8) is 0 Å². The molecule has 0 aromatic heterocycles. The summed E-state index contributed by atoms with van der Waals surface area (Å²) in [5.74, 6) is 0.359. The van der Waals surface area contributed by atoms with Gasteiger partial charge in [0.15, 0.2) is 0 Å². The van der Waals surface area contributed by atoms with Gasteiger partial charge in [0.1, 0.15) is 24.1 Å². The highest BCUT2D eigenvalue weighted by molar-refractivity contribution is 7.92. The van der Waals surface area contributed by atoms with Gasteiger partial charge in [-0.2, -0.15) is 0 Å². The van der Waals surface area contributed by atoms with Crippen molar-refractivity contribution in [3.05, 3.63) is 54.1 Å². The molecule has 36 heavy (non-hydrogen) atoms. The summed E-state index contributed by atoms with van der Waals surface area (Å²) in [5, 5.41) is 2.94. The molecular weight excluding hydrogens is 482 g/mol. The maximum atomic E-state index is 13.7. The summed E-state index contributed by atoms with van der Waals surface area (Å²) in [7, 11) is -0.748. The van der Waals surface area contributed by atoms with Crippen molar-refractivity contribution in [2.24, 2.45) is 0 Å². The third kappa shape index (κ3) is 8.15. The van der Waals surface area contributed by atoms with Crippen LogP contribution in [0.3, 0.4) is 0 Å². The molecule has 1 atom stereocenters. The Bertz CT molecular complexity index is 1140. The summed E-state index contributed by atoms with van der Waals surface area (Å²) in [6.45, 7) is 7.04. The van der Waals surface area contributed by atoms with Crippen LogP contribution in [0.15, 0.2) is 48.5 Å². The molecule has 0 heterocycles. The van der Waals surface area contributed by atoms with Gasteiger partial charge in [0.25, 0.3) is 0 Å². The normalized spacial score (nSPS) is 12.4. The lowest BCUT2D eigenvalue weighted by atomic mass is 10.1. The van der Waals surface area contributed by atoms with E-state index < -0.39 is 34.1 Å². The van der Waals surface area contributed by atoms with E-state index in [0.29, 0.717) is 23.6 Å². The second kappa shape index (κ2) is 12.1. The van der Waals surface area contributed by atoms with E-state index in [-0.39, 0.29) is 12.5 Å². The summed E-state index contributed by atoms with van der Waals surface area (Å²) in [4.78, 5) is 28.3. The van der Waals surface area contributed by atoms with Gasteiger partial charge in [-0.25, -0.2) is 8.42 Å². The van der Waals surface area contributed by atoms with Crippen LogP contribution in [0, 0.1) is 0 Å². The zero-order valence-corrected chi connectivity index (χ0v) is 22.9. The quantitative estimate of drug-likeness (QED) is 0.489. The fraction of sp³-hybridized carbons (Fsp3) is 0.462. The number of amides is 2. The minimum absolute atomic E-state index is 0.103. The van der Waals surface area contributed by atoms with Gasteiger partial charge >= 0.3 is 0 Å². The summed E-state index contributed by atoms with van der Waals surface area (Å²) in [5.41, 5.74) is 0.567. The predicted molar refractivity (Wildman–Crippen MR) is 141 cm³/mol. The molecule has 0 fully saturated rings. The average Bonchev–Trinajstić information content (AvgIpc) is 2.80. The van der Waals surface area contributed by atoms with Gasteiger partial charge in [0.05, 0.1) is 26.2 Å². The zero-order valence-electron chi connectivity index (χ0n) is 22.1. The third-order valence-electron chi connectivity index (χ3n) is 5.41. The van der Waals surface area contributed by atoms with Crippen LogP contribution in [0.5, 0.6) is 11.5 Å². The number of methoxy groups -OCH3 is 2. The van der Waals surface area contributed by atoms with E-state index in [1.807, 2.05) is 33.8 Å². The van der Waals surface area contributed by atoms with E-state index in [2.05, 4.69) is 5.32 Å². The maximum absolute atomic E-state index is 13.7. The van der Waals surface area contributed by atoms with Gasteiger partial charge in [-0.1, -0.05) is 19.1 Å². The molecule has 0 spiro atoms. The number of hydrogen-bond acceptors (Lipinski definition) is 6. The Labute approximate surface area is 214 Å². The monoisotopic (exact) mass is 519 g/mol. The minimum Gasteiger partial charge on any atom is -0.497 e. The molecule has 0 aliphatic heterocycles. The Kier molecular flexibility index (Phi) is 9.75. The summed E-state index contributed by atoms with van der Waals surface area (Å²) in [6, 6.07) is 12.8. The molecule has 0 radical (unpaired) electrons. The van der Waals surface area contributed by atoms with Crippen molar-refractivity contribution in [2.75, 3.05) is 31.3 Å². The summed E-state index contributed by atoms with van der Waals surface area (Å²) < 4.78 is 36.8. The molecule has 2 rings (SSSR count). The maximum Gasteiger partial charge on any atom is 0.244 e. The third-order valence-corrected chi connectivity index (χ3v) is 6.55. The predicted octanol–water partition coefficient (Wildman–Crippen LogP) is 3.19. The highest BCUT2D eigenvalue weighted by Crippen LogP contribution is 2.23. The first-order valence-electron chi connectivity index (χ1n) is 11.6.